The minimum absolute atomic E-state index is 0.406. The highest BCUT2D eigenvalue weighted by Gasteiger charge is 2.33. The minimum atomic E-state index is 0.406. The summed E-state index contributed by atoms with van der Waals surface area (Å²) in [7, 11) is 2.03. The van der Waals surface area contributed by atoms with Gasteiger partial charge in [0.15, 0.2) is 0 Å². The molecule has 1 fully saturated rings. The largest absolute Gasteiger partial charge is 0.463 e. The van der Waals surface area contributed by atoms with Crippen molar-refractivity contribution < 1.29 is 4.74 Å². The molecule has 1 N–H and O–H groups in total. The average Bonchev–Trinajstić information content (AvgIpc) is 3.12. The summed E-state index contributed by atoms with van der Waals surface area (Å²) in [6.45, 7) is 8.76. The average molecular weight is 279 g/mol. The molecule has 0 aliphatic heterocycles. The number of aromatic nitrogens is 3. The second-order valence-corrected chi connectivity index (χ2v) is 5.47. The van der Waals surface area contributed by atoms with Gasteiger partial charge in [-0.05, 0) is 31.6 Å². The number of hydrogen-bond donors (Lipinski definition) is 1. The van der Waals surface area contributed by atoms with E-state index in [1.165, 1.54) is 6.42 Å². The second-order valence-electron chi connectivity index (χ2n) is 5.47. The molecule has 0 radical (unpaired) electrons. The lowest BCUT2D eigenvalue weighted by Crippen LogP contribution is -2.24. The van der Waals surface area contributed by atoms with Gasteiger partial charge in [-0.15, -0.1) is 0 Å². The molecule has 6 heteroatoms. The molecular weight excluding hydrogens is 254 g/mol. The third kappa shape index (κ3) is 3.95. The lowest BCUT2D eigenvalue weighted by Gasteiger charge is -2.18. The Labute approximate surface area is 121 Å². The fourth-order valence-electron chi connectivity index (χ4n) is 2.10. The van der Waals surface area contributed by atoms with Crippen molar-refractivity contribution in [2.75, 3.05) is 37.0 Å². The minimum Gasteiger partial charge on any atom is -0.463 e. The molecule has 1 aliphatic rings. The van der Waals surface area contributed by atoms with Crippen LogP contribution in [0.15, 0.2) is 0 Å². The molecule has 1 aliphatic carbocycles. The summed E-state index contributed by atoms with van der Waals surface area (Å²) in [6, 6.07) is 0.406. The Morgan fingerprint density at radius 1 is 1.30 bits per heavy atom. The van der Waals surface area contributed by atoms with Crippen LogP contribution in [0.5, 0.6) is 6.01 Å². The van der Waals surface area contributed by atoms with Gasteiger partial charge in [0.05, 0.1) is 6.61 Å². The van der Waals surface area contributed by atoms with Crippen molar-refractivity contribution >= 4 is 11.9 Å². The van der Waals surface area contributed by atoms with Gasteiger partial charge in [-0.25, -0.2) is 0 Å². The Morgan fingerprint density at radius 2 is 2.05 bits per heavy atom. The van der Waals surface area contributed by atoms with Crippen LogP contribution in [0, 0.1) is 11.8 Å². The number of nitrogens with one attached hydrogen (secondary N) is 1. The van der Waals surface area contributed by atoms with E-state index in [9.17, 15) is 0 Å². The molecule has 2 atom stereocenters. The number of hydrogen-bond acceptors (Lipinski definition) is 6. The van der Waals surface area contributed by atoms with Crippen LogP contribution in [0.2, 0.25) is 0 Å². The van der Waals surface area contributed by atoms with Crippen molar-refractivity contribution in [3.05, 3.63) is 0 Å². The zero-order valence-electron chi connectivity index (χ0n) is 12.9. The first kappa shape index (κ1) is 14.8. The van der Waals surface area contributed by atoms with Gasteiger partial charge >= 0.3 is 6.01 Å². The Bertz CT molecular complexity index is 440. The van der Waals surface area contributed by atoms with E-state index in [1.54, 1.807) is 0 Å². The van der Waals surface area contributed by atoms with E-state index >= 15 is 0 Å². The maximum atomic E-state index is 5.55. The quantitative estimate of drug-likeness (QED) is 0.787. The maximum absolute atomic E-state index is 5.55. The molecule has 0 saturated heterocycles. The van der Waals surface area contributed by atoms with Gasteiger partial charge in [0, 0.05) is 20.1 Å². The highest BCUT2D eigenvalue weighted by Crippen LogP contribution is 2.38. The van der Waals surface area contributed by atoms with Crippen LogP contribution in [-0.2, 0) is 0 Å². The number of nitrogens with zero attached hydrogens (tertiary/aromatic N) is 4. The van der Waals surface area contributed by atoms with Crippen molar-refractivity contribution in [2.24, 2.45) is 11.8 Å². The summed E-state index contributed by atoms with van der Waals surface area (Å²) in [5, 5.41) is 3.13. The Kier molecular flexibility index (Phi) is 4.98. The fraction of sp³-hybridized carbons (Fsp3) is 0.786. The van der Waals surface area contributed by atoms with Crippen molar-refractivity contribution in [2.45, 2.75) is 33.6 Å². The molecule has 0 amide bonds. The van der Waals surface area contributed by atoms with Gasteiger partial charge < -0.3 is 15.0 Å². The summed E-state index contributed by atoms with van der Waals surface area (Å²) >= 11 is 0. The van der Waals surface area contributed by atoms with E-state index in [0.29, 0.717) is 24.5 Å². The van der Waals surface area contributed by atoms with Crippen LogP contribution in [-0.4, -0.2) is 41.7 Å². The van der Waals surface area contributed by atoms with E-state index in [-0.39, 0.29) is 0 Å². The SMILES string of the molecule is CCCOc1nc(NCC)nc(N(C)CC2CC2C)n1. The third-order valence-electron chi connectivity index (χ3n) is 3.50. The predicted molar refractivity (Wildman–Crippen MR) is 80.3 cm³/mol. The third-order valence-corrected chi connectivity index (χ3v) is 3.50. The molecule has 6 nitrogen and oxygen atoms in total. The van der Waals surface area contributed by atoms with E-state index in [2.05, 4.69) is 39.0 Å². The second kappa shape index (κ2) is 6.72. The monoisotopic (exact) mass is 279 g/mol. The van der Waals surface area contributed by atoms with Gasteiger partial charge in [-0.1, -0.05) is 13.8 Å². The highest BCUT2D eigenvalue weighted by atomic mass is 16.5. The molecule has 2 rings (SSSR count). The fourth-order valence-corrected chi connectivity index (χ4v) is 2.10. The molecule has 0 aromatic carbocycles. The van der Waals surface area contributed by atoms with Crippen molar-refractivity contribution in [3.63, 3.8) is 0 Å². The van der Waals surface area contributed by atoms with Crippen molar-refractivity contribution in [1.29, 1.82) is 0 Å². The summed E-state index contributed by atoms with van der Waals surface area (Å²) in [5.41, 5.74) is 0. The first-order valence-electron chi connectivity index (χ1n) is 7.47. The molecule has 1 saturated carbocycles. The number of ether oxygens (including phenoxy) is 1. The van der Waals surface area contributed by atoms with E-state index in [1.807, 2.05) is 14.0 Å². The normalized spacial score (nSPS) is 20.6. The number of anilines is 2. The molecule has 112 valence electrons. The van der Waals surface area contributed by atoms with Crippen LogP contribution in [0.4, 0.5) is 11.9 Å². The van der Waals surface area contributed by atoms with Crippen molar-refractivity contribution in [3.8, 4) is 6.01 Å². The van der Waals surface area contributed by atoms with Gasteiger partial charge in [0.25, 0.3) is 0 Å². The smallest absolute Gasteiger partial charge is 0.323 e. The lowest BCUT2D eigenvalue weighted by atomic mass is 10.3. The van der Waals surface area contributed by atoms with E-state index in [4.69, 9.17) is 4.74 Å². The first-order chi connectivity index (χ1) is 9.63. The molecule has 0 spiro atoms. The molecule has 20 heavy (non-hydrogen) atoms. The van der Waals surface area contributed by atoms with E-state index < -0.39 is 0 Å². The van der Waals surface area contributed by atoms with Gasteiger partial charge in [0.2, 0.25) is 11.9 Å². The van der Waals surface area contributed by atoms with Crippen LogP contribution in [0.25, 0.3) is 0 Å². The molecule has 1 aromatic rings. The molecule has 2 unspecified atom stereocenters. The number of rotatable bonds is 8. The summed E-state index contributed by atoms with van der Waals surface area (Å²) in [4.78, 5) is 15.2. The summed E-state index contributed by atoms with van der Waals surface area (Å²) in [5.74, 6) is 2.85. The highest BCUT2D eigenvalue weighted by molar-refractivity contribution is 5.37. The van der Waals surface area contributed by atoms with Crippen LogP contribution in [0.1, 0.15) is 33.6 Å². The molecule has 1 heterocycles. The van der Waals surface area contributed by atoms with Gasteiger partial charge in [0.1, 0.15) is 0 Å². The van der Waals surface area contributed by atoms with Crippen LogP contribution >= 0.6 is 0 Å². The van der Waals surface area contributed by atoms with Crippen molar-refractivity contribution in [1.82, 2.24) is 15.0 Å². The Morgan fingerprint density at radius 3 is 2.65 bits per heavy atom. The molecular formula is C14H25N5O. The Balaban J connectivity index is 2.09. The summed E-state index contributed by atoms with van der Waals surface area (Å²) in [6.07, 6.45) is 2.24. The van der Waals surface area contributed by atoms with Crippen LogP contribution in [0.3, 0.4) is 0 Å². The topological polar surface area (TPSA) is 63.2 Å². The Hall–Kier alpha value is -1.59. The first-order valence-corrected chi connectivity index (χ1v) is 7.47. The molecule has 0 bridgehead atoms. The maximum Gasteiger partial charge on any atom is 0.323 e. The van der Waals surface area contributed by atoms with E-state index in [0.717, 1.165) is 31.3 Å². The molecule has 1 aromatic heterocycles. The predicted octanol–water partition coefficient (Wildman–Crippen LogP) is 2.18. The zero-order chi connectivity index (χ0) is 14.5. The van der Waals surface area contributed by atoms with Crippen LogP contribution < -0.4 is 15.0 Å². The van der Waals surface area contributed by atoms with Gasteiger partial charge in [-0.2, -0.15) is 15.0 Å². The zero-order valence-corrected chi connectivity index (χ0v) is 12.9. The standard InChI is InChI=1S/C14H25N5O/c1-5-7-20-14-17-12(15-6-2)16-13(18-14)19(4)9-11-8-10(11)3/h10-11H,5-9H2,1-4H3,(H,15,16,17,18). The lowest BCUT2D eigenvalue weighted by molar-refractivity contribution is 0.292. The summed E-state index contributed by atoms with van der Waals surface area (Å²) < 4.78 is 5.55. The van der Waals surface area contributed by atoms with Gasteiger partial charge in [-0.3, -0.25) is 0 Å².